The van der Waals surface area contributed by atoms with Crippen LogP contribution in [0.1, 0.15) is 12.0 Å². The van der Waals surface area contributed by atoms with Crippen LogP contribution >= 0.6 is 23.2 Å². The molecule has 0 amide bonds. The highest BCUT2D eigenvalue weighted by Gasteiger charge is 2.06. The van der Waals surface area contributed by atoms with Gasteiger partial charge in [0.15, 0.2) is 0 Å². The molecule has 0 aliphatic carbocycles. The van der Waals surface area contributed by atoms with E-state index < -0.39 is 0 Å². The maximum atomic E-state index is 6.01. The van der Waals surface area contributed by atoms with E-state index in [4.69, 9.17) is 32.7 Å². The molecule has 0 atom stereocenters. The second-order valence-corrected chi connectivity index (χ2v) is 3.73. The summed E-state index contributed by atoms with van der Waals surface area (Å²) in [4.78, 5) is 0. The fourth-order valence-electron chi connectivity index (χ4n) is 1.20. The van der Waals surface area contributed by atoms with Crippen molar-refractivity contribution in [1.29, 1.82) is 0 Å². The fraction of sp³-hybridized carbons (Fsp3) is 0.455. The summed E-state index contributed by atoms with van der Waals surface area (Å²) in [6.45, 7) is 1.27. The molecule has 84 valence electrons. The minimum absolute atomic E-state index is 0.403. The maximum absolute atomic E-state index is 6.01. The number of alkyl halides is 1. The van der Waals surface area contributed by atoms with E-state index >= 15 is 0 Å². The molecule has 0 saturated heterocycles. The van der Waals surface area contributed by atoms with E-state index in [0.29, 0.717) is 29.9 Å². The van der Waals surface area contributed by atoms with Crippen LogP contribution in [0, 0.1) is 0 Å². The predicted molar refractivity (Wildman–Crippen MR) is 63.0 cm³/mol. The van der Waals surface area contributed by atoms with Gasteiger partial charge >= 0.3 is 0 Å². The third-order valence-corrected chi connectivity index (χ3v) is 2.52. The average Bonchev–Trinajstić information content (AvgIpc) is 2.26. The number of halogens is 2. The average molecular weight is 249 g/mol. The molecule has 0 saturated carbocycles. The Morgan fingerprint density at radius 3 is 2.73 bits per heavy atom. The number of methoxy groups -OCH3 is 1. The first-order valence-corrected chi connectivity index (χ1v) is 5.66. The molecule has 4 heteroatoms. The summed E-state index contributed by atoms with van der Waals surface area (Å²) in [5.41, 5.74) is 0.918. The first kappa shape index (κ1) is 12.6. The normalized spacial score (nSPS) is 10.3. The summed E-state index contributed by atoms with van der Waals surface area (Å²) in [7, 11) is 1.67. The minimum Gasteiger partial charge on any atom is -0.492 e. The molecule has 0 heterocycles. The lowest BCUT2D eigenvalue weighted by Gasteiger charge is -2.11. The molecule has 0 bridgehead atoms. The van der Waals surface area contributed by atoms with Crippen LogP contribution in [0.15, 0.2) is 18.2 Å². The van der Waals surface area contributed by atoms with Gasteiger partial charge in [-0.15, -0.1) is 11.6 Å². The van der Waals surface area contributed by atoms with E-state index in [2.05, 4.69) is 0 Å². The Bertz CT molecular complexity index is 303. The highest BCUT2D eigenvalue weighted by molar-refractivity contribution is 6.32. The van der Waals surface area contributed by atoms with Gasteiger partial charge in [0.1, 0.15) is 5.75 Å². The second-order valence-electron chi connectivity index (χ2n) is 3.06. The number of benzene rings is 1. The van der Waals surface area contributed by atoms with E-state index in [1.165, 1.54) is 0 Å². The Morgan fingerprint density at radius 2 is 2.07 bits per heavy atom. The van der Waals surface area contributed by atoms with Gasteiger partial charge in [0.25, 0.3) is 0 Å². The van der Waals surface area contributed by atoms with Crippen LogP contribution in [0.3, 0.4) is 0 Å². The van der Waals surface area contributed by atoms with Gasteiger partial charge in [-0.25, -0.2) is 0 Å². The molecule has 1 aromatic rings. The third-order valence-electron chi connectivity index (χ3n) is 1.93. The first-order chi connectivity index (χ1) is 7.29. The van der Waals surface area contributed by atoms with Crippen molar-refractivity contribution < 1.29 is 9.47 Å². The zero-order chi connectivity index (χ0) is 11.1. The van der Waals surface area contributed by atoms with Gasteiger partial charge in [-0.3, -0.25) is 0 Å². The highest BCUT2D eigenvalue weighted by Crippen LogP contribution is 2.29. The van der Waals surface area contributed by atoms with Crippen molar-refractivity contribution in [3.05, 3.63) is 28.8 Å². The van der Waals surface area contributed by atoms with Gasteiger partial charge in [0.2, 0.25) is 0 Å². The molecule has 0 aliphatic rings. The Labute approximate surface area is 100 Å². The van der Waals surface area contributed by atoms with Gasteiger partial charge in [0.05, 0.1) is 17.5 Å². The molecule has 1 rings (SSSR count). The molecular weight excluding hydrogens is 235 g/mol. The second kappa shape index (κ2) is 6.94. The number of para-hydroxylation sites is 1. The van der Waals surface area contributed by atoms with Crippen molar-refractivity contribution in [3.8, 4) is 5.75 Å². The van der Waals surface area contributed by atoms with Crippen LogP contribution in [-0.2, 0) is 10.6 Å². The summed E-state index contributed by atoms with van der Waals surface area (Å²) in [5.74, 6) is 1.09. The lowest BCUT2D eigenvalue weighted by Crippen LogP contribution is -2.03. The number of ether oxygens (including phenoxy) is 2. The molecule has 0 unspecified atom stereocenters. The minimum atomic E-state index is 0.403. The molecule has 0 fully saturated rings. The number of hydrogen-bond donors (Lipinski definition) is 0. The monoisotopic (exact) mass is 248 g/mol. The van der Waals surface area contributed by atoms with Crippen LogP contribution in [0.25, 0.3) is 0 Å². The van der Waals surface area contributed by atoms with E-state index in [-0.39, 0.29) is 0 Å². The quantitative estimate of drug-likeness (QED) is 0.567. The maximum Gasteiger partial charge on any atom is 0.142 e. The van der Waals surface area contributed by atoms with Crippen molar-refractivity contribution in [2.45, 2.75) is 12.3 Å². The molecule has 0 spiro atoms. The molecule has 0 aromatic heterocycles. The summed E-state index contributed by atoms with van der Waals surface area (Å²) < 4.78 is 10.5. The van der Waals surface area contributed by atoms with Crippen LogP contribution in [0.4, 0.5) is 0 Å². The van der Waals surface area contributed by atoms with Gasteiger partial charge in [-0.05, 0) is 6.07 Å². The summed E-state index contributed by atoms with van der Waals surface area (Å²) >= 11 is 11.8. The molecule has 0 N–H and O–H groups in total. The van der Waals surface area contributed by atoms with Gasteiger partial charge in [-0.1, -0.05) is 23.7 Å². The van der Waals surface area contributed by atoms with E-state index in [1.54, 1.807) is 13.2 Å². The van der Waals surface area contributed by atoms with Gasteiger partial charge in [0, 0.05) is 25.7 Å². The fourth-order valence-corrected chi connectivity index (χ4v) is 1.66. The zero-order valence-electron chi connectivity index (χ0n) is 8.63. The Kier molecular flexibility index (Phi) is 5.84. The van der Waals surface area contributed by atoms with Gasteiger partial charge < -0.3 is 9.47 Å². The summed E-state index contributed by atoms with van der Waals surface area (Å²) in [6.07, 6.45) is 0.837. The van der Waals surface area contributed by atoms with E-state index in [1.807, 2.05) is 12.1 Å². The van der Waals surface area contributed by atoms with E-state index in [9.17, 15) is 0 Å². The molecule has 0 radical (unpaired) electrons. The molecule has 15 heavy (non-hydrogen) atoms. The lowest BCUT2D eigenvalue weighted by molar-refractivity contribution is 0.172. The van der Waals surface area contributed by atoms with Crippen molar-refractivity contribution >= 4 is 23.2 Å². The molecule has 0 aliphatic heterocycles. The highest BCUT2D eigenvalue weighted by atomic mass is 35.5. The Balaban J connectivity index is 2.58. The predicted octanol–water partition coefficient (Wildman–Crippen LogP) is 3.49. The van der Waals surface area contributed by atoms with Crippen LogP contribution in [0.2, 0.25) is 5.02 Å². The summed E-state index contributed by atoms with van der Waals surface area (Å²) in [5, 5.41) is 0.602. The first-order valence-electron chi connectivity index (χ1n) is 4.74. The Hall–Kier alpha value is -0.440. The number of rotatable bonds is 6. The van der Waals surface area contributed by atoms with Gasteiger partial charge in [-0.2, -0.15) is 0 Å². The van der Waals surface area contributed by atoms with Crippen molar-refractivity contribution in [3.63, 3.8) is 0 Å². The molecule has 2 nitrogen and oxygen atoms in total. The molecule has 1 aromatic carbocycles. The van der Waals surface area contributed by atoms with E-state index in [0.717, 1.165) is 12.0 Å². The SMILES string of the molecule is COCCCOc1c(Cl)cccc1CCl. The molecular formula is C11H14Cl2O2. The largest absolute Gasteiger partial charge is 0.492 e. The summed E-state index contributed by atoms with van der Waals surface area (Å²) in [6, 6.07) is 5.57. The van der Waals surface area contributed by atoms with Crippen molar-refractivity contribution in [2.24, 2.45) is 0 Å². The lowest BCUT2D eigenvalue weighted by atomic mass is 10.2. The van der Waals surface area contributed by atoms with Crippen LogP contribution in [0.5, 0.6) is 5.75 Å². The van der Waals surface area contributed by atoms with Crippen molar-refractivity contribution in [1.82, 2.24) is 0 Å². The standard InChI is InChI=1S/C11H14Cl2O2/c1-14-6-3-7-15-11-9(8-12)4-2-5-10(11)13/h2,4-5H,3,6-8H2,1H3. The van der Waals surface area contributed by atoms with Crippen LogP contribution in [-0.4, -0.2) is 20.3 Å². The third kappa shape index (κ3) is 3.90. The smallest absolute Gasteiger partial charge is 0.142 e. The van der Waals surface area contributed by atoms with Crippen LogP contribution < -0.4 is 4.74 Å². The topological polar surface area (TPSA) is 18.5 Å². The number of hydrogen-bond acceptors (Lipinski definition) is 2. The Morgan fingerprint density at radius 1 is 1.27 bits per heavy atom. The zero-order valence-corrected chi connectivity index (χ0v) is 10.1. The van der Waals surface area contributed by atoms with Crippen molar-refractivity contribution in [2.75, 3.05) is 20.3 Å².